The average Bonchev–Trinajstić information content (AvgIpc) is 3.26. The molecule has 1 amide bonds. The molecule has 11 nitrogen and oxygen atoms in total. The monoisotopic (exact) mass is 649 g/mol. The number of rotatable bonds is 9. The second kappa shape index (κ2) is 12.3. The molecule has 0 aliphatic rings. The van der Waals surface area contributed by atoms with Crippen LogP contribution in [0.5, 0.6) is 11.6 Å². The molecule has 0 radical (unpaired) electrons. The Bertz CT molecular complexity index is 1880. The molecule has 4 aromatic rings. The van der Waals surface area contributed by atoms with Crippen molar-refractivity contribution in [3.8, 4) is 17.3 Å². The van der Waals surface area contributed by atoms with Gasteiger partial charge in [-0.3, -0.25) is 14.9 Å². The number of halogens is 4. The third-order valence-electron chi connectivity index (χ3n) is 6.12. The molecule has 0 fully saturated rings. The van der Waals surface area contributed by atoms with Crippen LogP contribution in [0.25, 0.3) is 5.69 Å². The molecular weight excluding hydrogens is 622 g/mol. The number of non-ortho nitro benzene ring substituents is 1. The summed E-state index contributed by atoms with van der Waals surface area (Å²) in [6, 6.07) is 12.3. The van der Waals surface area contributed by atoms with E-state index in [2.05, 4.69) is 15.1 Å². The number of ether oxygens (including phenoxy) is 1. The van der Waals surface area contributed by atoms with Gasteiger partial charge in [-0.1, -0.05) is 18.2 Å². The van der Waals surface area contributed by atoms with Crippen LogP contribution < -0.4 is 14.8 Å². The molecule has 16 heteroatoms. The van der Waals surface area contributed by atoms with E-state index in [4.69, 9.17) is 4.74 Å². The van der Waals surface area contributed by atoms with Gasteiger partial charge >= 0.3 is 6.18 Å². The number of benzene rings is 3. The summed E-state index contributed by atoms with van der Waals surface area (Å²) in [5.74, 6) is -2.09. The molecule has 1 aromatic heterocycles. The normalized spacial score (nSPS) is 12.2. The maximum absolute atomic E-state index is 14.2. The molecule has 238 valence electrons. The Morgan fingerprint density at radius 3 is 2.36 bits per heavy atom. The first-order valence-electron chi connectivity index (χ1n) is 13.2. The SMILES string of the molecule is Cc1c(C(=O)NCc2cccc(C(F)(F)F)c2)nn(-c2cccc(F)c2)c1Oc1ccc([N+](=O)[O-])cc1S(=O)(=O)NC(C)(C)C. The van der Waals surface area contributed by atoms with Crippen molar-refractivity contribution in [1.82, 2.24) is 19.8 Å². The third kappa shape index (κ3) is 7.82. The van der Waals surface area contributed by atoms with Crippen LogP contribution in [0.15, 0.2) is 71.6 Å². The van der Waals surface area contributed by atoms with Crippen LogP contribution in [0.1, 0.15) is 48.0 Å². The van der Waals surface area contributed by atoms with Crippen LogP contribution in [0.2, 0.25) is 0 Å². The lowest BCUT2D eigenvalue weighted by atomic mass is 10.1. The van der Waals surface area contributed by atoms with Crippen molar-refractivity contribution in [2.24, 2.45) is 0 Å². The number of nitro benzene ring substituents is 1. The van der Waals surface area contributed by atoms with Crippen molar-refractivity contribution in [2.45, 2.75) is 50.9 Å². The number of aromatic nitrogens is 2. The van der Waals surface area contributed by atoms with Crippen LogP contribution >= 0.6 is 0 Å². The highest BCUT2D eigenvalue weighted by Gasteiger charge is 2.32. The Morgan fingerprint density at radius 2 is 1.73 bits per heavy atom. The van der Waals surface area contributed by atoms with Crippen LogP contribution in [0.3, 0.4) is 0 Å². The van der Waals surface area contributed by atoms with E-state index in [1.54, 1.807) is 20.8 Å². The Balaban J connectivity index is 1.78. The molecule has 0 atom stereocenters. The standard InChI is InChI=1S/C29H27F4N5O6S/c1-17-25(26(39)34-16-18-7-5-8-19(13-18)29(31,32)33)35-37(21-10-6-9-20(30)14-21)27(17)44-23-12-11-22(38(40)41)15-24(23)45(42,43)36-28(2,3)4/h5-15,36H,16H2,1-4H3,(H,34,39). The number of alkyl halides is 3. The highest BCUT2D eigenvalue weighted by molar-refractivity contribution is 7.89. The van der Waals surface area contributed by atoms with E-state index in [0.717, 1.165) is 47.1 Å². The molecule has 4 rings (SSSR count). The Kier molecular flexibility index (Phi) is 9.02. The van der Waals surface area contributed by atoms with Crippen molar-refractivity contribution < 1.29 is 40.4 Å². The lowest BCUT2D eigenvalue weighted by molar-refractivity contribution is -0.385. The zero-order valence-corrected chi connectivity index (χ0v) is 25.1. The third-order valence-corrected chi connectivity index (χ3v) is 7.90. The fraction of sp³-hybridized carbons (Fsp3) is 0.241. The number of carbonyl (C=O) groups excluding carboxylic acids is 1. The average molecular weight is 650 g/mol. The number of sulfonamides is 1. The molecule has 45 heavy (non-hydrogen) atoms. The molecule has 0 saturated carbocycles. The number of hydrogen-bond acceptors (Lipinski definition) is 7. The van der Waals surface area contributed by atoms with Gasteiger partial charge in [-0.25, -0.2) is 17.5 Å². The quantitative estimate of drug-likeness (QED) is 0.128. The lowest BCUT2D eigenvalue weighted by Gasteiger charge is -2.21. The number of nitrogens with one attached hydrogen (secondary N) is 2. The smallest absolute Gasteiger partial charge is 0.416 e. The molecule has 1 heterocycles. The van der Waals surface area contributed by atoms with Gasteiger partial charge in [0.2, 0.25) is 15.9 Å². The predicted molar refractivity (Wildman–Crippen MR) is 154 cm³/mol. The van der Waals surface area contributed by atoms with Gasteiger partial charge in [0.05, 0.1) is 16.2 Å². The summed E-state index contributed by atoms with van der Waals surface area (Å²) in [6.45, 7) is 5.81. The molecule has 0 aliphatic heterocycles. The summed E-state index contributed by atoms with van der Waals surface area (Å²) in [5.41, 5.74) is -2.40. The Labute approximate surface area is 255 Å². The van der Waals surface area contributed by atoms with Crippen molar-refractivity contribution >= 4 is 21.6 Å². The van der Waals surface area contributed by atoms with Crippen LogP contribution in [0, 0.1) is 22.9 Å². The number of carbonyl (C=O) groups is 1. The topological polar surface area (TPSA) is 145 Å². The molecule has 0 aliphatic carbocycles. The largest absolute Gasteiger partial charge is 0.437 e. The van der Waals surface area contributed by atoms with Crippen LogP contribution in [0.4, 0.5) is 23.2 Å². The zero-order chi connectivity index (χ0) is 33.3. The number of amides is 1. The van der Waals surface area contributed by atoms with Gasteiger partial charge in [0.15, 0.2) is 5.69 Å². The maximum atomic E-state index is 14.2. The number of nitro groups is 1. The van der Waals surface area contributed by atoms with E-state index in [1.807, 2.05) is 0 Å². The van der Waals surface area contributed by atoms with E-state index in [1.165, 1.54) is 31.2 Å². The predicted octanol–water partition coefficient (Wildman–Crippen LogP) is 6.05. The molecule has 2 N–H and O–H groups in total. The lowest BCUT2D eigenvalue weighted by Crippen LogP contribution is -2.40. The minimum atomic E-state index is -4.58. The number of hydrogen-bond donors (Lipinski definition) is 2. The highest BCUT2D eigenvalue weighted by atomic mass is 32.2. The molecule has 0 saturated heterocycles. The summed E-state index contributed by atoms with van der Waals surface area (Å²) >= 11 is 0. The first-order valence-corrected chi connectivity index (χ1v) is 14.6. The van der Waals surface area contributed by atoms with Crippen molar-refractivity contribution in [2.75, 3.05) is 0 Å². The Hall–Kier alpha value is -4.83. The van der Waals surface area contributed by atoms with Crippen molar-refractivity contribution in [1.29, 1.82) is 0 Å². The summed E-state index contributed by atoms with van der Waals surface area (Å²) in [5, 5.41) is 18.2. The van der Waals surface area contributed by atoms with E-state index < -0.39 is 54.5 Å². The highest BCUT2D eigenvalue weighted by Crippen LogP contribution is 2.36. The fourth-order valence-electron chi connectivity index (χ4n) is 4.19. The molecular formula is C29H27F4N5O6S. The zero-order valence-electron chi connectivity index (χ0n) is 24.3. The van der Waals surface area contributed by atoms with E-state index in [0.29, 0.717) is 0 Å². The summed E-state index contributed by atoms with van der Waals surface area (Å²) < 4.78 is 89.6. The van der Waals surface area contributed by atoms with Gasteiger partial charge in [-0.05, 0) is 69.7 Å². The Morgan fingerprint density at radius 1 is 1.04 bits per heavy atom. The van der Waals surface area contributed by atoms with Gasteiger partial charge < -0.3 is 10.1 Å². The van der Waals surface area contributed by atoms with Gasteiger partial charge in [0, 0.05) is 29.8 Å². The van der Waals surface area contributed by atoms with Gasteiger partial charge in [-0.15, -0.1) is 0 Å². The number of nitrogens with zero attached hydrogens (tertiary/aromatic N) is 3. The summed E-state index contributed by atoms with van der Waals surface area (Å²) in [6.07, 6.45) is -4.58. The summed E-state index contributed by atoms with van der Waals surface area (Å²) in [4.78, 5) is 23.3. The minimum absolute atomic E-state index is 0.0475. The first-order chi connectivity index (χ1) is 20.9. The van der Waals surface area contributed by atoms with Gasteiger partial charge in [-0.2, -0.15) is 23.0 Å². The van der Waals surface area contributed by atoms with E-state index >= 15 is 0 Å². The molecule has 0 spiro atoms. The van der Waals surface area contributed by atoms with Crippen molar-refractivity contribution in [3.05, 3.63) is 105 Å². The molecule has 0 bridgehead atoms. The fourth-order valence-corrected chi connectivity index (χ4v) is 5.76. The maximum Gasteiger partial charge on any atom is 0.416 e. The molecule has 0 unspecified atom stereocenters. The first kappa shape index (κ1) is 33.1. The second-order valence-electron chi connectivity index (χ2n) is 10.9. The van der Waals surface area contributed by atoms with Crippen molar-refractivity contribution in [3.63, 3.8) is 0 Å². The van der Waals surface area contributed by atoms with Gasteiger partial charge in [0.1, 0.15) is 16.5 Å². The van der Waals surface area contributed by atoms with E-state index in [-0.39, 0.29) is 40.7 Å². The van der Waals surface area contributed by atoms with Gasteiger partial charge in [0.25, 0.3) is 11.6 Å². The molecule has 3 aromatic carbocycles. The van der Waals surface area contributed by atoms with Crippen LogP contribution in [-0.4, -0.2) is 34.6 Å². The van der Waals surface area contributed by atoms with Crippen LogP contribution in [-0.2, 0) is 22.7 Å². The minimum Gasteiger partial charge on any atom is -0.437 e. The summed E-state index contributed by atoms with van der Waals surface area (Å²) in [7, 11) is -4.41. The second-order valence-corrected chi connectivity index (χ2v) is 12.5. The van der Waals surface area contributed by atoms with E-state index in [9.17, 15) is 40.9 Å².